The van der Waals surface area contributed by atoms with Gasteiger partial charge in [-0.3, -0.25) is 14.6 Å². The van der Waals surface area contributed by atoms with Crippen LogP contribution in [-0.2, 0) is 9.53 Å². The van der Waals surface area contributed by atoms with Gasteiger partial charge in [0.25, 0.3) is 0 Å². The Balaban J connectivity index is 1.79. The summed E-state index contributed by atoms with van der Waals surface area (Å²) in [5.41, 5.74) is 0. The summed E-state index contributed by atoms with van der Waals surface area (Å²) in [6, 6.07) is 0.232. The number of amides is 3. The summed E-state index contributed by atoms with van der Waals surface area (Å²) in [4.78, 5) is 26.6. The highest BCUT2D eigenvalue weighted by atomic mass is 16.5. The molecule has 2 rings (SSSR count). The first-order valence-electron chi connectivity index (χ1n) is 7.23. The number of carbonyl (C=O) groups excluding carboxylic acids is 2. The van der Waals surface area contributed by atoms with Crippen LogP contribution in [0.5, 0.6) is 0 Å². The van der Waals surface area contributed by atoms with Gasteiger partial charge in [0.2, 0.25) is 5.91 Å². The number of ether oxygens (including phenoxy) is 1. The van der Waals surface area contributed by atoms with Gasteiger partial charge in [-0.25, -0.2) is 4.79 Å². The lowest BCUT2D eigenvalue weighted by atomic mass is 10.2. The minimum Gasteiger partial charge on any atom is -0.383 e. The molecule has 2 saturated heterocycles. The lowest BCUT2D eigenvalue weighted by Crippen LogP contribution is -2.44. The maximum Gasteiger partial charge on any atom is 0.324 e. The molecule has 2 aliphatic heterocycles. The summed E-state index contributed by atoms with van der Waals surface area (Å²) in [7, 11) is 1.68. The number of carbonyl (C=O) groups is 2. The first kappa shape index (κ1) is 15.2. The number of nitrogens with zero attached hydrogens (tertiary/aromatic N) is 2. The average Bonchev–Trinajstić information content (AvgIpc) is 3.05. The highest BCUT2D eigenvalue weighted by molar-refractivity contribution is 6.01. The minimum absolute atomic E-state index is 0.126. The van der Waals surface area contributed by atoms with Gasteiger partial charge in [0.05, 0.1) is 13.2 Å². The molecule has 0 spiro atoms. The van der Waals surface area contributed by atoms with Crippen LogP contribution in [0.15, 0.2) is 0 Å². The molecule has 2 heterocycles. The second-order valence-corrected chi connectivity index (χ2v) is 5.29. The van der Waals surface area contributed by atoms with Gasteiger partial charge in [0.15, 0.2) is 0 Å². The van der Waals surface area contributed by atoms with Crippen molar-refractivity contribution in [2.75, 3.05) is 53.0 Å². The van der Waals surface area contributed by atoms with E-state index in [1.165, 1.54) is 17.7 Å². The lowest BCUT2D eigenvalue weighted by molar-refractivity contribution is -0.125. The third kappa shape index (κ3) is 4.16. The molecule has 114 valence electrons. The Morgan fingerprint density at radius 1 is 1.40 bits per heavy atom. The van der Waals surface area contributed by atoms with Crippen LogP contribution in [0.1, 0.15) is 12.8 Å². The van der Waals surface area contributed by atoms with Gasteiger partial charge in [0.1, 0.15) is 0 Å². The molecule has 7 nitrogen and oxygen atoms in total. The van der Waals surface area contributed by atoms with Crippen molar-refractivity contribution < 1.29 is 14.3 Å². The largest absolute Gasteiger partial charge is 0.383 e. The zero-order valence-electron chi connectivity index (χ0n) is 12.1. The molecule has 2 aliphatic rings. The maximum absolute atomic E-state index is 11.5. The van der Waals surface area contributed by atoms with Gasteiger partial charge in [0, 0.05) is 39.3 Å². The first-order chi connectivity index (χ1) is 9.70. The molecular weight excluding hydrogens is 260 g/mol. The Hall–Kier alpha value is -1.18. The van der Waals surface area contributed by atoms with Crippen molar-refractivity contribution in [2.45, 2.75) is 18.9 Å². The number of nitrogens with one attached hydrogen (secondary N) is 2. The topological polar surface area (TPSA) is 73.9 Å². The molecule has 0 radical (unpaired) electrons. The van der Waals surface area contributed by atoms with Crippen molar-refractivity contribution in [3.8, 4) is 0 Å². The third-order valence-electron chi connectivity index (χ3n) is 3.83. The Kier molecular flexibility index (Phi) is 5.75. The molecule has 3 amide bonds. The number of imide groups is 1. The van der Waals surface area contributed by atoms with E-state index >= 15 is 0 Å². The van der Waals surface area contributed by atoms with Crippen LogP contribution >= 0.6 is 0 Å². The zero-order valence-corrected chi connectivity index (χ0v) is 12.1. The van der Waals surface area contributed by atoms with Crippen LogP contribution in [0.25, 0.3) is 0 Å². The molecule has 0 aliphatic carbocycles. The first-order valence-corrected chi connectivity index (χ1v) is 7.23. The number of hydrogen-bond acceptors (Lipinski definition) is 5. The maximum atomic E-state index is 11.5. The zero-order chi connectivity index (χ0) is 14.4. The number of methoxy groups -OCH3 is 1. The van der Waals surface area contributed by atoms with E-state index in [0.717, 1.165) is 19.6 Å². The Morgan fingerprint density at radius 3 is 2.85 bits per heavy atom. The van der Waals surface area contributed by atoms with Gasteiger partial charge in [-0.15, -0.1) is 0 Å². The molecule has 2 N–H and O–H groups in total. The van der Waals surface area contributed by atoms with E-state index < -0.39 is 0 Å². The van der Waals surface area contributed by atoms with Gasteiger partial charge in [-0.1, -0.05) is 0 Å². The van der Waals surface area contributed by atoms with Crippen molar-refractivity contribution in [3.05, 3.63) is 0 Å². The minimum atomic E-state index is -0.277. The molecule has 0 bridgehead atoms. The molecule has 0 aromatic carbocycles. The summed E-state index contributed by atoms with van der Waals surface area (Å²) in [6.07, 6.45) is 2.41. The second kappa shape index (κ2) is 7.56. The van der Waals surface area contributed by atoms with Crippen LogP contribution in [0, 0.1) is 0 Å². The summed E-state index contributed by atoms with van der Waals surface area (Å²) in [6.45, 7) is 4.76. The lowest BCUT2D eigenvalue weighted by Gasteiger charge is -2.26. The van der Waals surface area contributed by atoms with E-state index in [1.807, 2.05) is 0 Å². The van der Waals surface area contributed by atoms with E-state index in [1.54, 1.807) is 7.11 Å². The van der Waals surface area contributed by atoms with Crippen molar-refractivity contribution in [2.24, 2.45) is 0 Å². The quantitative estimate of drug-likeness (QED) is 0.573. The fourth-order valence-corrected chi connectivity index (χ4v) is 2.66. The van der Waals surface area contributed by atoms with Crippen LogP contribution < -0.4 is 10.6 Å². The summed E-state index contributed by atoms with van der Waals surface area (Å²) >= 11 is 0. The average molecular weight is 284 g/mol. The van der Waals surface area contributed by atoms with Crippen molar-refractivity contribution in [1.82, 2.24) is 20.4 Å². The Bertz CT molecular complexity index is 329. The summed E-state index contributed by atoms with van der Waals surface area (Å²) in [5, 5.41) is 6.01. The smallest absolute Gasteiger partial charge is 0.324 e. The van der Waals surface area contributed by atoms with E-state index in [0.29, 0.717) is 25.7 Å². The molecule has 1 unspecified atom stereocenters. The monoisotopic (exact) mass is 284 g/mol. The molecule has 20 heavy (non-hydrogen) atoms. The molecule has 7 heteroatoms. The standard InChI is InChI=1S/C13H24N4O3/c1-20-8-7-16(10-11-3-2-4-14-11)5-6-17-12(18)9-15-13(17)19/h11,14H,2-10H2,1H3,(H,15,19). The predicted molar refractivity (Wildman–Crippen MR) is 74.5 cm³/mol. The number of rotatable bonds is 8. The summed E-state index contributed by atoms with van der Waals surface area (Å²) < 4.78 is 5.13. The molecule has 0 aromatic heterocycles. The van der Waals surface area contributed by atoms with E-state index in [2.05, 4.69) is 15.5 Å². The Labute approximate surface area is 119 Å². The molecule has 2 fully saturated rings. The highest BCUT2D eigenvalue weighted by Crippen LogP contribution is 2.07. The van der Waals surface area contributed by atoms with E-state index in [9.17, 15) is 9.59 Å². The summed E-state index contributed by atoms with van der Waals surface area (Å²) in [5.74, 6) is -0.138. The van der Waals surface area contributed by atoms with Gasteiger partial charge >= 0.3 is 6.03 Å². The second-order valence-electron chi connectivity index (χ2n) is 5.29. The van der Waals surface area contributed by atoms with Crippen molar-refractivity contribution in [1.29, 1.82) is 0 Å². The molecule has 1 atom stereocenters. The number of urea groups is 1. The fourth-order valence-electron chi connectivity index (χ4n) is 2.66. The third-order valence-corrected chi connectivity index (χ3v) is 3.83. The van der Waals surface area contributed by atoms with Crippen molar-refractivity contribution in [3.63, 3.8) is 0 Å². The SMILES string of the molecule is COCCN(CCN1C(=O)CNC1=O)CC1CCCN1. The highest BCUT2D eigenvalue weighted by Gasteiger charge is 2.28. The van der Waals surface area contributed by atoms with E-state index in [-0.39, 0.29) is 18.5 Å². The fraction of sp³-hybridized carbons (Fsp3) is 0.846. The van der Waals surface area contributed by atoms with E-state index in [4.69, 9.17) is 4.74 Å². The molecule has 0 aromatic rings. The van der Waals surface area contributed by atoms with Crippen LogP contribution in [0.3, 0.4) is 0 Å². The van der Waals surface area contributed by atoms with Gasteiger partial charge in [-0.2, -0.15) is 0 Å². The number of hydrogen-bond donors (Lipinski definition) is 2. The van der Waals surface area contributed by atoms with Crippen molar-refractivity contribution >= 4 is 11.9 Å². The van der Waals surface area contributed by atoms with Gasteiger partial charge < -0.3 is 15.4 Å². The van der Waals surface area contributed by atoms with Crippen LogP contribution in [0.4, 0.5) is 4.79 Å². The normalized spacial score (nSPS) is 22.9. The molecule has 0 saturated carbocycles. The van der Waals surface area contributed by atoms with Crippen LogP contribution in [0.2, 0.25) is 0 Å². The van der Waals surface area contributed by atoms with Crippen LogP contribution in [-0.4, -0.2) is 80.8 Å². The Morgan fingerprint density at radius 2 is 2.25 bits per heavy atom. The van der Waals surface area contributed by atoms with Gasteiger partial charge in [-0.05, 0) is 19.4 Å². The predicted octanol–water partition coefficient (Wildman–Crippen LogP) is -0.761. The molecular formula is C13H24N4O3.